The third-order valence-corrected chi connectivity index (χ3v) is 8.47. The summed E-state index contributed by atoms with van der Waals surface area (Å²) in [5.74, 6) is 4.94. The first-order valence-corrected chi connectivity index (χ1v) is 17.3. The summed E-state index contributed by atoms with van der Waals surface area (Å²) in [6.45, 7) is 5.79. The van der Waals surface area contributed by atoms with Crippen molar-refractivity contribution in [3.05, 3.63) is 145 Å². The van der Waals surface area contributed by atoms with E-state index >= 15 is 0 Å². The number of nitrogens with two attached hydrogens (primary N) is 2. The first-order chi connectivity index (χ1) is 26.7. The third kappa shape index (κ3) is 9.84. The fourth-order valence-corrected chi connectivity index (χ4v) is 5.73. The molecule has 0 aliphatic carbocycles. The zero-order valence-electron chi connectivity index (χ0n) is 31.1. The van der Waals surface area contributed by atoms with Gasteiger partial charge in [-0.3, -0.25) is 0 Å². The fourth-order valence-electron chi connectivity index (χ4n) is 5.73. The number of esters is 1. The maximum atomic E-state index is 13.6. The van der Waals surface area contributed by atoms with Crippen LogP contribution < -0.4 is 17.4 Å². The summed E-state index contributed by atoms with van der Waals surface area (Å²) >= 11 is 0. The summed E-state index contributed by atoms with van der Waals surface area (Å²) in [5, 5.41) is 25.2. The maximum Gasteiger partial charge on any atom is 0.519 e. The van der Waals surface area contributed by atoms with Gasteiger partial charge in [-0.1, -0.05) is 79.7 Å². The van der Waals surface area contributed by atoms with E-state index in [9.17, 15) is 29.6 Å². The molecule has 5 N–H and O–H groups in total. The molecule has 0 radical (unpaired) electrons. The van der Waals surface area contributed by atoms with E-state index in [0.29, 0.717) is 46.0 Å². The molecule has 0 saturated heterocycles. The van der Waals surface area contributed by atoms with Crippen LogP contribution in [0.5, 0.6) is 0 Å². The van der Waals surface area contributed by atoms with Crippen molar-refractivity contribution in [3.63, 3.8) is 0 Å². The van der Waals surface area contributed by atoms with Crippen molar-refractivity contribution in [2.75, 3.05) is 0 Å². The number of carbonyl (C=O) groups excluding carboxylic acids is 2. The summed E-state index contributed by atoms with van der Waals surface area (Å²) in [4.78, 5) is 57.6. The fraction of sp³-hybridized carbons (Fsp3) is 0.289. The van der Waals surface area contributed by atoms with Crippen molar-refractivity contribution in [2.45, 2.75) is 72.5 Å². The van der Waals surface area contributed by atoms with Crippen LogP contribution in [0, 0.1) is 17.0 Å². The van der Waals surface area contributed by atoms with Crippen LogP contribution in [0.25, 0.3) is 11.1 Å². The second-order valence-electron chi connectivity index (χ2n) is 13.0. The molecule has 3 aromatic carbocycles. The number of ether oxygens (including phenoxy) is 2. The minimum absolute atomic E-state index is 0.0563. The zero-order valence-corrected chi connectivity index (χ0v) is 31.1. The number of imidazole rings is 1. The highest BCUT2D eigenvalue weighted by atomic mass is 16.9. The molecule has 2 heterocycles. The zero-order chi connectivity index (χ0) is 40.6. The molecule has 0 aliphatic heterocycles. The van der Waals surface area contributed by atoms with Gasteiger partial charge < -0.3 is 38.6 Å². The Morgan fingerprint density at radius 3 is 2.29 bits per heavy atom. The first kappa shape index (κ1) is 40.4. The smallest absolute Gasteiger partial charge is 0.453 e. The lowest BCUT2D eigenvalue weighted by Crippen LogP contribution is -2.35. The number of benzene rings is 3. The van der Waals surface area contributed by atoms with Crippen LogP contribution in [-0.4, -0.2) is 42.8 Å². The summed E-state index contributed by atoms with van der Waals surface area (Å²) in [6, 6.07) is 21.1. The summed E-state index contributed by atoms with van der Waals surface area (Å²) in [7, 11) is 0. The minimum atomic E-state index is -1.49. The number of rotatable bonds is 16. The highest BCUT2D eigenvalue weighted by molar-refractivity contribution is 6.03. The van der Waals surface area contributed by atoms with E-state index in [0.717, 1.165) is 11.1 Å². The van der Waals surface area contributed by atoms with Crippen LogP contribution in [0.1, 0.15) is 83.0 Å². The summed E-state index contributed by atoms with van der Waals surface area (Å²) in [5.41, 5.74) is 8.64. The molecule has 5 aromatic rings. The van der Waals surface area contributed by atoms with E-state index < -0.39 is 28.6 Å². The van der Waals surface area contributed by atoms with Crippen molar-refractivity contribution >= 4 is 17.9 Å². The van der Waals surface area contributed by atoms with Gasteiger partial charge in [-0.05, 0) is 55.0 Å². The molecule has 0 unspecified atom stereocenters. The molecule has 0 bridgehead atoms. The van der Waals surface area contributed by atoms with E-state index in [-0.39, 0.29) is 55.1 Å². The standard InChI is InChI=1S/C38H41N7O11/c1-5-10-31-41-33(38(3,4)49)32(35(46)52-22-30-23(2)55-37(48)56-30)43(31)19-24-15-17-25(18-16-24)28-13-8-9-14-29(28)34(39)42-44(40)36(47)53-20-26-11-6-7-12-27(26)21-54-45(50)51/h6-9,11-18,49H,5,10,19-22,40H2,1-4H3,(H2,39,42). The molecule has 18 heteroatoms. The number of aromatic nitrogens is 2. The molecule has 0 spiro atoms. The van der Waals surface area contributed by atoms with Crippen LogP contribution in [0.3, 0.4) is 0 Å². The van der Waals surface area contributed by atoms with Crippen LogP contribution in [0.15, 0.2) is 91.5 Å². The van der Waals surface area contributed by atoms with Gasteiger partial charge in [-0.25, -0.2) is 25.2 Å². The van der Waals surface area contributed by atoms with Crippen LogP contribution in [-0.2, 0) is 52.7 Å². The largest absolute Gasteiger partial charge is 0.519 e. The topological polar surface area (TPSA) is 254 Å². The molecule has 0 atom stereocenters. The van der Waals surface area contributed by atoms with Gasteiger partial charge in [0.15, 0.2) is 29.7 Å². The molecule has 18 nitrogen and oxygen atoms in total. The highest BCUT2D eigenvalue weighted by Gasteiger charge is 2.33. The van der Waals surface area contributed by atoms with E-state index in [1.54, 1.807) is 41.0 Å². The Bertz CT molecular complexity index is 2290. The molecule has 2 aromatic heterocycles. The summed E-state index contributed by atoms with van der Waals surface area (Å²) in [6.07, 6.45) is 0.192. The molecule has 56 heavy (non-hydrogen) atoms. The second-order valence-corrected chi connectivity index (χ2v) is 13.0. The van der Waals surface area contributed by atoms with E-state index in [4.69, 9.17) is 29.9 Å². The predicted molar refractivity (Wildman–Crippen MR) is 199 cm³/mol. The molecule has 294 valence electrons. The van der Waals surface area contributed by atoms with Crippen molar-refractivity contribution in [3.8, 4) is 11.1 Å². The summed E-state index contributed by atoms with van der Waals surface area (Å²) < 4.78 is 22.3. The second kappa shape index (κ2) is 17.6. The Morgan fingerprint density at radius 1 is 1.00 bits per heavy atom. The molecule has 0 aliphatic rings. The quantitative estimate of drug-likeness (QED) is 0.0231. The predicted octanol–water partition coefficient (Wildman–Crippen LogP) is 4.83. The monoisotopic (exact) mass is 771 g/mol. The van der Waals surface area contributed by atoms with Crippen molar-refractivity contribution in [1.29, 1.82) is 0 Å². The molecular weight excluding hydrogens is 730 g/mol. The lowest BCUT2D eigenvalue weighted by Gasteiger charge is -2.18. The maximum absolute atomic E-state index is 13.6. The minimum Gasteiger partial charge on any atom is -0.453 e. The SMILES string of the molecule is CCCc1nc(C(C)(C)O)c(C(=O)OCc2oc(=O)oc2C)n1Cc1ccc(-c2ccccc2/C(N)=N/N(N)C(=O)OCc2ccccc2CO[N+](=O)[O-])cc1. The lowest BCUT2D eigenvalue weighted by molar-refractivity contribution is -0.763. The number of aryl methyl sites for hydroxylation is 2. The van der Waals surface area contributed by atoms with E-state index in [1.807, 2.05) is 43.3 Å². The Labute approximate surface area is 320 Å². The third-order valence-electron chi connectivity index (χ3n) is 8.47. The molecule has 5 rings (SSSR count). The first-order valence-electron chi connectivity index (χ1n) is 17.3. The van der Waals surface area contributed by atoms with Crippen LogP contribution in [0.4, 0.5) is 4.79 Å². The number of amidine groups is 1. The van der Waals surface area contributed by atoms with Gasteiger partial charge in [-0.15, -0.1) is 20.3 Å². The van der Waals surface area contributed by atoms with E-state index in [1.165, 1.54) is 20.8 Å². The molecule has 0 saturated carbocycles. The Kier molecular flexibility index (Phi) is 12.7. The van der Waals surface area contributed by atoms with Gasteiger partial charge in [0.25, 0.3) is 5.09 Å². The number of hydrogen-bond donors (Lipinski definition) is 3. The number of hydrogen-bond acceptors (Lipinski definition) is 14. The number of nitrogens with zero attached hydrogens (tertiary/aromatic N) is 5. The normalized spacial score (nSPS) is 11.6. The van der Waals surface area contributed by atoms with Gasteiger partial charge in [0.1, 0.15) is 30.3 Å². The lowest BCUT2D eigenvalue weighted by atomic mass is 9.98. The van der Waals surface area contributed by atoms with Gasteiger partial charge in [0.05, 0.1) is 0 Å². The number of hydrazone groups is 1. The average molecular weight is 772 g/mol. The van der Waals surface area contributed by atoms with Gasteiger partial charge in [0, 0.05) is 18.5 Å². The average Bonchev–Trinajstić information content (AvgIpc) is 3.70. The van der Waals surface area contributed by atoms with Crippen LogP contribution in [0.2, 0.25) is 0 Å². The van der Waals surface area contributed by atoms with Gasteiger partial charge >= 0.3 is 17.9 Å². The Hall–Kier alpha value is -6.79. The molecule has 0 fully saturated rings. The van der Waals surface area contributed by atoms with Gasteiger partial charge in [-0.2, -0.15) is 0 Å². The number of carbonyl (C=O) groups is 2. The highest BCUT2D eigenvalue weighted by Crippen LogP contribution is 2.29. The van der Waals surface area contributed by atoms with E-state index in [2.05, 4.69) is 14.9 Å². The van der Waals surface area contributed by atoms with Crippen LogP contribution >= 0.6 is 0 Å². The molecule has 1 amide bonds. The number of hydrazine groups is 1. The van der Waals surface area contributed by atoms with Crippen molar-refractivity contribution in [2.24, 2.45) is 16.7 Å². The number of aliphatic hydroxyl groups is 1. The Morgan fingerprint density at radius 2 is 1.66 bits per heavy atom. The van der Waals surface area contributed by atoms with Crippen molar-refractivity contribution in [1.82, 2.24) is 14.7 Å². The Balaban J connectivity index is 1.35. The van der Waals surface area contributed by atoms with Crippen molar-refractivity contribution < 1.29 is 42.9 Å². The molecular formula is C38H41N7O11. The number of amides is 1. The van der Waals surface area contributed by atoms with Gasteiger partial charge in [0.2, 0.25) is 0 Å².